The third kappa shape index (κ3) is 5.60. The van der Waals surface area contributed by atoms with Crippen LogP contribution in [0.2, 0.25) is 0 Å². The normalized spacial score (nSPS) is 12.0. The fourth-order valence-corrected chi connectivity index (χ4v) is 11.2. The second-order valence-corrected chi connectivity index (χ2v) is 18.0. The molecule has 0 saturated carbocycles. The van der Waals surface area contributed by atoms with E-state index in [-0.39, 0.29) is 0 Å². The summed E-state index contributed by atoms with van der Waals surface area (Å²) in [5.41, 5.74) is 13.8. The fourth-order valence-electron chi connectivity index (χ4n) is 11.2. The first-order valence-electron chi connectivity index (χ1n) is 23.7. The van der Waals surface area contributed by atoms with Gasteiger partial charge < -0.3 is 13.7 Å². The van der Waals surface area contributed by atoms with Crippen LogP contribution in [0, 0.1) is 0 Å². The Morgan fingerprint density at radius 1 is 0.229 bits per heavy atom. The molecule has 0 spiro atoms. The number of rotatable bonds is 6. The molecule has 0 aliphatic rings. The van der Waals surface area contributed by atoms with Crippen molar-refractivity contribution in [1.29, 1.82) is 0 Å². The molecule has 0 aliphatic carbocycles. The molecule has 0 radical (unpaired) electrons. The number of para-hydroxylation sites is 6. The summed E-state index contributed by atoms with van der Waals surface area (Å²) in [5, 5.41) is 9.37. The number of fused-ring (bicyclic) bond motifs is 13. The van der Waals surface area contributed by atoms with Gasteiger partial charge in [0.1, 0.15) is 0 Å². The Labute approximate surface area is 401 Å². The zero-order valence-electron chi connectivity index (χ0n) is 37.6. The minimum Gasteiger partial charge on any atom is -0.309 e. The largest absolute Gasteiger partial charge is 0.309 e. The topological polar surface area (TPSA) is 58.4 Å². The van der Waals surface area contributed by atoms with E-state index in [1.165, 1.54) is 21.5 Å². The number of aromatic nitrogens is 7. The SMILES string of the molecule is c1ccc(-c2nc(-c3ccccc3)nc(-n3c4ccccc4c4ccc5c6ccccc6n(-c6cc(-n7c8ccccc8c8ccccc87)cc(-n7c8ccccc8c8ccccc87)c6)c5c43)n2)cc1. The Morgan fingerprint density at radius 3 is 0.900 bits per heavy atom. The zero-order chi connectivity index (χ0) is 45.9. The van der Waals surface area contributed by atoms with E-state index in [0.29, 0.717) is 17.6 Å². The van der Waals surface area contributed by atoms with Crippen molar-refractivity contribution in [2.45, 2.75) is 0 Å². The summed E-state index contributed by atoms with van der Waals surface area (Å²) in [4.78, 5) is 15.9. The van der Waals surface area contributed by atoms with Crippen molar-refractivity contribution in [3.05, 3.63) is 237 Å². The van der Waals surface area contributed by atoms with Crippen LogP contribution in [0.15, 0.2) is 237 Å². The summed E-state index contributed by atoms with van der Waals surface area (Å²) in [6.45, 7) is 0. The van der Waals surface area contributed by atoms with Crippen molar-refractivity contribution in [2.24, 2.45) is 0 Å². The fraction of sp³-hybridized carbons (Fsp3) is 0. The van der Waals surface area contributed by atoms with Crippen molar-refractivity contribution >= 4 is 87.2 Å². The standard InChI is InChI=1S/C63H39N7/c1-3-19-40(20-4-1)61-64-62(41-21-5-2-6-22-41)66-63(65-61)70-58-34-18-12-28-50(58)52-36-35-51-49-27-11-17-33-57(49)69(59(51)60(52)70)44-38-42(67-53-29-13-7-23-45(53)46-24-8-14-30-54(46)67)37-43(39-44)68-55-31-15-9-25-47(55)48-26-10-16-32-56(48)68/h1-39H. The summed E-state index contributed by atoms with van der Waals surface area (Å²) >= 11 is 0. The van der Waals surface area contributed by atoms with Crippen LogP contribution >= 0.6 is 0 Å². The molecule has 7 heteroatoms. The maximum Gasteiger partial charge on any atom is 0.238 e. The molecule has 0 unspecified atom stereocenters. The van der Waals surface area contributed by atoms with Crippen molar-refractivity contribution in [1.82, 2.24) is 33.2 Å². The van der Waals surface area contributed by atoms with Gasteiger partial charge >= 0.3 is 0 Å². The molecule has 5 heterocycles. The number of hydrogen-bond donors (Lipinski definition) is 0. The van der Waals surface area contributed by atoms with Crippen LogP contribution < -0.4 is 0 Å². The van der Waals surface area contributed by atoms with Crippen LogP contribution in [0.5, 0.6) is 0 Å². The monoisotopic (exact) mass is 893 g/mol. The van der Waals surface area contributed by atoms with Gasteiger partial charge in [0.25, 0.3) is 0 Å². The minimum atomic E-state index is 0.549. The Morgan fingerprint density at radius 2 is 0.514 bits per heavy atom. The summed E-state index contributed by atoms with van der Waals surface area (Å²) in [6.07, 6.45) is 0. The highest BCUT2D eigenvalue weighted by atomic mass is 15.2. The van der Waals surface area contributed by atoms with Gasteiger partial charge in [-0.3, -0.25) is 4.57 Å². The van der Waals surface area contributed by atoms with Gasteiger partial charge in [0.2, 0.25) is 5.95 Å². The first-order valence-corrected chi connectivity index (χ1v) is 23.7. The van der Waals surface area contributed by atoms with Gasteiger partial charge in [-0.2, -0.15) is 9.97 Å². The van der Waals surface area contributed by atoms with Crippen LogP contribution in [-0.4, -0.2) is 33.2 Å². The molecule has 10 aromatic carbocycles. The molecule has 70 heavy (non-hydrogen) atoms. The summed E-state index contributed by atoms with van der Waals surface area (Å²) < 4.78 is 9.63. The molecule has 7 nitrogen and oxygen atoms in total. The molecule has 0 N–H and O–H groups in total. The lowest BCUT2D eigenvalue weighted by atomic mass is 10.1. The van der Waals surface area contributed by atoms with Crippen LogP contribution in [0.4, 0.5) is 0 Å². The molecule has 5 aromatic heterocycles. The van der Waals surface area contributed by atoms with E-state index in [2.05, 4.69) is 218 Å². The Hall–Kier alpha value is -9.59. The van der Waals surface area contributed by atoms with Crippen molar-refractivity contribution in [3.63, 3.8) is 0 Å². The third-order valence-electron chi connectivity index (χ3n) is 14.2. The zero-order valence-corrected chi connectivity index (χ0v) is 37.6. The average Bonchev–Trinajstić information content (AvgIpc) is 4.16. The van der Waals surface area contributed by atoms with Crippen molar-refractivity contribution < 1.29 is 0 Å². The molecule has 0 amide bonds. The third-order valence-corrected chi connectivity index (χ3v) is 14.2. The summed E-state index contributed by atoms with van der Waals surface area (Å²) in [6, 6.07) is 84.6. The Bertz CT molecular complexity index is 4300. The number of hydrogen-bond acceptors (Lipinski definition) is 3. The highest BCUT2D eigenvalue weighted by Crippen LogP contribution is 2.44. The first kappa shape index (κ1) is 38.5. The first-order chi connectivity index (χ1) is 34.7. The predicted molar refractivity (Wildman–Crippen MR) is 288 cm³/mol. The molecule has 0 bridgehead atoms. The van der Waals surface area contributed by atoms with Gasteiger partial charge in [0.15, 0.2) is 11.6 Å². The van der Waals surface area contributed by atoms with E-state index < -0.39 is 0 Å². The van der Waals surface area contributed by atoms with E-state index in [9.17, 15) is 0 Å². The van der Waals surface area contributed by atoms with E-state index in [1.807, 2.05) is 36.4 Å². The van der Waals surface area contributed by atoms with Crippen LogP contribution in [-0.2, 0) is 0 Å². The van der Waals surface area contributed by atoms with Crippen molar-refractivity contribution in [2.75, 3.05) is 0 Å². The highest BCUT2D eigenvalue weighted by molar-refractivity contribution is 6.24. The highest BCUT2D eigenvalue weighted by Gasteiger charge is 2.25. The molecular formula is C63H39N7. The average molecular weight is 894 g/mol. The molecule has 15 aromatic rings. The molecule has 15 rings (SSSR count). The number of benzene rings is 10. The van der Waals surface area contributed by atoms with Crippen LogP contribution in [0.1, 0.15) is 0 Å². The smallest absolute Gasteiger partial charge is 0.238 e. The maximum atomic E-state index is 5.37. The second-order valence-electron chi connectivity index (χ2n) is 18.0. The Balaban J connectivity index is 1.11. The molecule has 0 aliphatic heterocycles. The lowest BCUT2D eigenvalue weighted by Crippen LogP contribution is -2.07. The molecule has 0 atom stereocenters. The molecule has 0 fully saturated rings. The van der Waals surface area contributed by atoms with E-state index in [0.717, 1.165) is 93.9 Å². The summed E-state index contributed by atoms with van der Waals surface area (Å²) in [5.74, 6) is 1.77. The lowest BCUT2D eigenvalue weighted by molar-refractivity contribution is 0.953. The summed E-state index contributed by atoms with van der Waals surface area (Å²) in [7, 11) is 0. The predicted octanol–water partition coefficient (Wildman–Crippen LogP) is 15.6. The van der Waals surface area contributed by atoms with Gasteiger partial charge in [0, 0.05) is 54.2 Å². The van der Waals surface area contributed by atoms with Gasteiger partial charge in [-0.1, -0.05) is 182 Å². The molecule has 0 saturated heterocycles. The van der Waals surface area contributed by atoms with Gasteiger partial charge in [0.05, 0.1) is 61.2 Å². The van der Waals surface area contributed by atoms with Gasteiger partial charge in [-0.05, 0) is 54.6 Å². The number of nitrogens with zero attached hydrogens (tertiary/aromatic N) is 7. The van der Waals surface area contributed by atoms with Gasteiger partial charge in [-0.15, -0.1) is 0 Å². The van der Waals surface area contributed by atoms with Gasteiger partial charge in [-0.25, -0.2) is 4.98 Å². The maximum absolute atomic E-state index is 5.37. The second kappa shape index (κ2) is 15.0. The molecular weight excluding hydrogens is 855 g/mol. The lowest BCUT2D eigenvalue weighted by Gasteiger charge is -2.18. The van der Waals surface area contributed by atoms with E-state index in [4.69, 9.17) is 15.0 Å². The van der Waals surface area contributed by atoms with E-state index in [1.54, 1.807) is 0 Å². The Kier molecular flexibility index (Phi) is 8.23. The molecule has 326 valence electrons. The van der Waals surface area contributed by atoms with Crippen LogP contribution in [0.25, 0.3) is 133 Å². The van der Waals surface area contributed by atoms with Crippen molar-refractivity contribution in [3.8, 4) is 45.8 Å². The van der Waals surface area contributed by atoms with E-state index >= 15 is 0 Å². The van der Waals surface area contributed by atoms with Crippen LogP contribution in [0.3, 0.4) is 0 Å². The minimum absolute atomic E-state index is 0.549. The quantitative estimate of drug-likeness (QED) is 0.167.